The van der Waals surface area contributed by atoms with E-state index in [0.29, 0.717) is 23.1 Å². The van der Waals surface area contributed by atoms with Crippen LogP contribution >= 0.6 is 22.9 Å². The molecular weight excluding hydrogens is 324 g/mol. The third kappa shape index (κ3) is 2.77. The summed E-state index contributed by atoms with van der Waals surface area (Å²) >= 11 is 7.49. The number of halogens is 1. The molecule has 3 aromatic rings. The number of pyridine rings is 1. The summed E-state index contributed by atoms with van der Waals surface area (Å²) in [6.07, 6.45) is 0.724. The van der Waals surface area contributed by atoms with Gasteiger partial charge in [-0.15, -0.1) is 11.3 Å². The van der Waals surface area contributed by atoms with Crippen molar-refractivity contribution >= 4 is 40.0 Å². The largest absolute Gasteiger partial charge is 0.343 e. The fourth-order valence-electron chi connectivity index (χ4n) is 2.22. The van der Waals surface area contributed by atoms with Crippen LogP contribution in [0.25, 0.3) is 11.0 Å². The standard InChI is InChI=1S/C14H13ClN4O2S/c1-8-7-10(15)17-12-11(8)13(20)19(18-12)14(21)16-5-4-9-3-2-6-22-9/h2-3,6-7H,4-5H2,1H3,(H,16,21)(H,17,18). The number of amides is 1. The van der Waals surface area contributed by atoms with E-state index in [0.717, 1.165) is 11.1 Å². The Balaban J connectivity index is 1.80. The zero-order chi connectivity index (χ0) is 15.7. The number of aromatic amines is 1. The lowest BCUT2D eigenvalue weighted by atomic mass is 10.2. The fourth-order valence-corrected chi connectivity index (χ4v) is 3.18. The second kappa shape index (κ2) is 5.94. The SMILES string of the molecule is Cc1cc(Cl)nc2[nH]n(C(=O)NCCc3cccs3)c(=O)c12. The smallest absolute Gasteiger partial charge is 0.336 e. The molecule has 0 aliphatic carbocycles. The number of nitrogens with one attached hydrogen (secondary N) is 2. The van der Waals surface area contributed by atoms with E-state index in [-0.39, 0.29) is 5.15 Å². The van der Waals surface area contributed by atoms with Gasteiger partial charge in [-0.25, -0.2) is 9.78 Å². The third-order valence-electron chi connectivity index (χ3n) is 3.25. The lowest BCUT2D eigenvalue weighted by Crippen LogP contribution is -2.36. The van der Waals surface area contributed by atoms with Crippen molar-refractivity contribution < 1.29 is 4.79 Å². The molecule has 0 aliphatic rings. The average molecular weight is 337 g/mol. The van der Waals surface area contributed by atoms with Crippen molar-refractivity contribution in [1.82, 2.24) is 20.1 Å². The summed E-state index contributed by atoms with van der Waals surface area (Å²) in [5.74, 6) is 0. The monoisotopic (exact) mass is 336 g/mol. The van der Waals surface area contributed by atoms with Gasteiger partial charge in [0.05, 0.1) is 5.39 Å². The summed E-state index contributed by atoms with van der Waals surface area (Å²) in [5.41, 5.74) is 0.565. The van der Waals surface area contributed by atoms with Gasteiger partial charge in [0.2, 0.25) is 0 Å². The Kier molecular flexibility index (Phi) is 4.00. The molecular formula is C14H13ClN4O2S. The van der Waals surface area contributed by atoms with Crippen LogP contribution in [0.15, 0.2) is 28.4 Å². The molecule has 22 heavy (non-hydrogen) atoms. The van der Waals surface area contributed by atoms with E-state index in [2.05, 4.69) is 15.4 Å². The quantitative estimate of drug-likeness (QED) is 0.721. The molecule has 0 bridgehead atoms. The van der Waals surface area contributed by atoms with Gasteiger partial charge in [0, 0.05) is 11.4 Å². The van der Waals surface area contributed by atoms with Gasteiger partial charge in [-0.05, 0) is 36.4 Å². The highest BCUT2D eigenvalue weighted by molar-refractivity contribution is 7.09. The number of aromatic nitrogens is 3. The summed E-state index contributed by atoms with van der Waals surface area (Å²) in [4.78, 5) is 29.6. The van der Waals surface area contributed by atoms with Crippen LogP contribution in [0.1, 0.15) is 10.4 Å². The molecule has 1 amide bonds. The number of carbonyl (C=O) groups is 1. The molecule has 0 spiro atoms. The van der Waals surface area contributed by atoms with E-state index in [4.69, 9.17) is 11.6 Å². The lowest BCUT2D eigenvalue weighted by Gasteiger charge is -2.03. The fraction of sp³-hybridized carbons (Fsp3) is 0.214. The number of fused-ring (bicyclic) bond motifs is 1. The van der Waals surface area contributed by atoms with E-state index < -0.39 is 11.6 Å². The molecule has 8 heteroatoms. The number of H-pyrrole nitrogens is 1. The molecule has 0 aromatic carbocycles. The number of hydrogen-bond donors (Lipinski definition) is 2. The van der Waals surface area contributed by atoms with Gasteiger partial charge in [0.15, 0.2) is 5.65 Å². The molecule has 0 fully saturated rings. The van der Waals surface area contributed by atoms with Crippen molar-refractivity contribution in [2.45, 2.75) is 13.3 Å². The van der Waals surface area contributed by atoms with Crippen LogP contribution in [-0.2, 0) is 6.42 Å². The Hall–Kier alpha value is -2.12. The molecule has 3 heterocycles. The highest BCUT2D eigenvalue weighted by Crippen LogP contribution is 2.15. The molecule has 0 radical (unpaired) electrons. The molecule has 114 valence electrons. The zero-order valence-corrected chi connectivity index (χ0v) is 13.3. The summed E-state index contributed by atoms with van der Waals surface area (Å²) in [7, 11) is 0. The highest BCUT2D eigenvalue weighted by Gasteiger charge is 2.16. The number of carbonyl (C=O) groups excluding carboxylic acids is 1. The predicted molar refractivity (Wildman–Crippen MR) is 86.9 cm³/mol. The topological polar surface area (TPSA) is 79.8 Å². The van der Waals surface area contributed by atoms with E-state index in [1.807, 2.05) is 17.5 Å². The molecule has 0 saturated heterocycles. The van der Waals surface area contributed by atoms with Crippen LogP contribution in [0.3, 0.4) is 0 Å². The minimum atomic E-state index is -0.505. The first-order chi connectivity index (χ1) is 10.6. The first-order valence-corrected chi connectivity index (χ1v) is 7.90. The first kappa shape index (κ1) is 14.8. The maximum atomic E-state index is 12.3. The maximum Gasteiger partial charge on any atom is 0.343 e. The highest BCUT2D eigenvalue weighted by atomic mass is 35.5. The van der Waals surface area contributed by atoms with Crippen LogP contribution < -0.4 is 10.9 Å². The van der Waals surface area contributed by atoms with Gasteiger partial charge in [0.1, 0.15) is 5.15 Å². The Morgan fingerprint density at radius 2 is 2.36 bits per heavy atom. The normalized spacial score (nSPS) is 11.0. The molecule has 6 nitrogen and oxygen atoms in total. The van der Waals surface area contributed by atoms with E-state index in [1.54, 1.807) is 24.3 Å². The maximum absolute atomic E-state index is 12.3. The van der Waals surface area contributed by atoms with Crippen LogP contribution in [0, 0.1) is 6.92 Å². The Morgan fingerprint density at radius 1 is 1.55 bits per heavy atom. The molecule has 0 saturated carbocycles. The average Bonchev–Trinajstić information content (AvgIpc) is 3.06. The minimum absolute atomic E-state index is 0.275. The van der Waals surface area contributed by atoms with Crippen molar-refractivity contribution in [1.29, 1.82) is 0 Å². The Bertz CT molecular complexity index is 882. The van der Waals surface area contributed by atoms with E-state index in [9.17, 15) is 9.59 Å². The Labute approximate surface area is 134 Å². The number of rotatable bonds is 3. The second-order valence-corrected chi connectivity index (χ2v) is 6.22. The van der Waals surface area contributed by atoms with Gasteiger partial charge in [-0.2, -0.15) is 4.68 Å². The summed E-state index contributed by atoms with van der Waals surface area (Å²) in [6, 6.07) is 5.05. The third-order valence-corrected chi connectivity index (χ3v) is 4.38. The van der Waals surface area contributed by atoms with Crippen molar-refractivity contribution in [2.24, 2.45) is 0 Å². The van der Waals surface area contributed by atoms with Gasteiger partial charge in [-0.1, -0.05) is 17.7 Å². The van der Waals surface area contributed by atoms with Crippen molar-refractivity contribution in [2.75, 3.05) is 6.54 Å². The van der Waals surface area contributed by atoms with Crippen molar-refractivity contribution in [3.8, 4) is 0 Å². The van der Waals surface area contributed by atoms with Crippen LogP contribution in [-0.4, -0.2) is 27.3 Å². The minimum Gasteiger partial charge on any atom is -0.336 e. The van der Waals surface area contributed by atoms with Crippen molar-refractivity contribution in [3.05, 3.63) is 49.5 Å². The number of thiophene rings is 1. The first-order valence-electron chi connectivity index (χ1n) is 6.64. The predicted octanol–water partition coefficient (Wildman–Crippen LogP) is 2.55. The molecule has 0 aliphatic heterocycles. The molecule has 3 aromatic heterocycles. The lowest BCUT2D eigenvalue weighted by molar-refractivity contribution is 0.239. The zero-order valence-electron chi connectivity index (χ0n) is 11.7. The summed E-state index contributed by atoms with van der Waals surface area (Å²) in [6.45, 7) is 2.21. The number of nitrogens with zero attached hydrogens (tertiary/aromatic N) is 2. The van der Waals surface area contributed by atoms with Crippen LogP contribution in [0.5, 0.6) is 0 Å². The van der Waals surface area contributed by atoms with Gasteiger partial charge >= 0.3 is 6.03 Å². The number of aryl methyl sites for hydroxylation is 1. The number of hydrogen-bond acceptors (Lipinski definition) is 4. The van der Waals surface area contributed by atoms with Gasteiger partial charge in [0.25, 0.3) is 5.56 Å². The molecule has 3 rings (SSSR count). The molecule has 2 N–H and O–H groups in total. The van der Waals surface area contributed by atoms with E-state index >= 15 is 0 Å². The molecule has 0 unspecified atom stereocenters. The van der Waals surface area contributed by atoms with E-state index in [1.165, 1.54) is 4.88 Å². The summed E-state index contributed by atoms with van der Waals surface area (Å²) < 4.78 is 0.926. The second-order valence-electron chi connectivity index (χ2n) is 4.80. The van der Waals surface area contributed by atoms with Gasteiger partial charge < -0.3 is 5.32 Å². The van der Waals surface area contributed by atoms with Crippen LogP contribution in [0.2, 0.25) is 5.15 Å². The molecule has 0 atom stereocenters. The van der Waals surface area contributed by atoms with Crippen LogP contribution in [0.4, 0.5) is 4.79 Å². The Morgan fingerprint density at radius 3 is 3.09 bits per heavy atom. The summed E-state index contributed by atoms with van der Waals surface area (Å²) in [5, 5.41) is 8.03. The van der Waals surface area contributed by atoms with Gasteiger partial charge in [-0.3, -0.25) is 9.89 Å². The van der Waals surface area contributed by atoms with Crippen molar-refractivity contribution in [3.63, 3.8) is 0 Å².